The molecule has 0 amide bonds. The Morgan fingerprint density at radius 3 is 3.07 bits per heavy atom. The highest BCUT2D eigenvalue weighted by Gasteiger charge is 2.04. The highest BCUT2D eigenvalue weighted by atomic mass is 79.9. The van der Waals surface area contributed by atoms with Gasteiger partial charge in [0.15, 0.2) is 0 Å². The quantitative estimate of drug-likeness (QED) is 0.788. The van der Waals surface area contributed by atoms with E-state index in [2.05, 4.69) is 27.0 Å². The predicted octanol–water partition coefficient (Wildman–Crippen LogP) is 3.61. The van der Waals surface area contributed by atoms with Crippen LogP contribution in [-0.2, 0) is 0 Å². The van der Waals surface area contributed by atoms with Crippen molar-refractivity contribution in [3.8, 4) is 6.07 Å². The average Bonchev–Trinajstić information content (AvgIpc) is 2.27. The number of para-hydroxylation sites is 1. The molecule has 2 nitrogen and oxygen atoms in total. The molecule has 0 aliphatic heterocycles. The SMILES string of the molecule is N#CCSc1ccnc2c(Br)cccc12. The van der Waals surface area contributed by atoms with E-state index in [1.54, 1.807) is 6.20 Å². The van der Waals surface area contributed by atoms with E-state index in [0.29, 0.717) is 5.75 Å². The molecule has 2 aromatic rings. The van der Waals surface area contributed by atoms with Crippen LogP contribution in [0.3, 0.4) is 0 Å². The molecule has 0 radical (unpaired) electrons. The summed E-state index contributed by atoms with van der Waals surface area (Å²) >= 11 is 5.00. The smallest absolute Gasteiger partial charge is 0.0855 e. The maximum absolute atomic E-state index is 8.56. The van der Waals surface area contributed by atoms with Gasteiger partial charge in [-0.3, -0.25) is 4.98 Å². The molecule has 4 heteroatoms. The molecular formula is C11H7BrN2S. The third-order valence-corrected chi connectivity index (χ3v) is 3.55. The summed E-state index contributed by atoms with van der Waals surface area (Å²) in [5.74, 6) is 0.464. The number of benzene rings is 1. The lowest BCUT2D eigenvalue weighted by Gasteiger charge is -2.04. The average molecular weight is 279 g/mol. The summed E-state index contributed by atoms with van der Waals surface area (Å²) in [4.78, 5) is 5.41. The lowest BCUT2D eigenvalue weighted by Crippen LogP contribution is -1.83. The topological polar surface area (TPSA) is 36.7 Å². The van der Waals surface area contributed by atoms with Crippen LogP contribution in [0.4, 0.5) is 0 Å². The number of nitriles is 1. The molecule has 0 bridgehead atoms. The monoisotopic (exact) mass is 278 g/mol. The molecule has 74 valence electrons. The van der Waals surface area contributed by atoms with Gasteiger partial charge in [-0.05, 0) is 28.1 Å². The van der Waals surface area contributed by atoms with Crippen molar-refractivity contribution < 1.29 is 0 Å². The molecule has 15 heavy (non-hydrogen) atoms. The van der Waals surface area contributed by atoms with Crippen LogP contribution < -0.4 is 0 Å². The summed E-state index contributed by atoms with van der Waals surface area (Å²) in [5.41, 5.74) is 0.945. The number of fused-ring (bicyclic) bond motifs is 1. The summed E-state index contributed by atoms with van der Waals surface area (Å²) in [5, 5.41) is 9.65. The van der Waals surface area contributed by atoms with Gasteiger partial charge in [0.2, 0.25) is 0 Å². The highest BCUT2D eigenvalue weighted by Crippen LogP contribution is 2.29. The molecule has 1 aromatic heterocycles. The third kappa shape index (κ3) is 2.14. The van der Waals surface area contributed by atoms with E-state index < -0.39 is 0 Å². The zero-order valence-electron chi connectivity index (χ0n) is 7.77. The van der Waals surface area contributed by atoms with E-state index >= 15 is 0 Å². The maximum Gasteiger partial charge on any atom is 0.0855 e. The number of nitrogens with zero attached hydrogens (tertiary/aromatic N) is 2. The number of hydrogen-bond donors (Lipinski definition) is 0. The van der Waals surface area contributed by atoms with Gasteiger partial charge in [-0.1, -0.05) is 12.1 Å². The van der Waals surface area contributed by atoms with Crippen molar-refractivity contribution in [2.24, 2.45) is 0 Å². The molecule has 0 spiro atoms. The molecule has 0 N–H and O–H groups in total. The summed E-state index contributed by atoms with van der Waals surface area (Å²) < 4.78 is 0.986. The lowest BCUT2D eigenvalue weighted by molar-refractivity contribution is 1.34. The van der Waals surface area contributed by atoms with Crippen molar-refractivity contribution >= 4 is 38.6 Å². The first kappa shape index (κ1) is 10.5. The van der Waals surface area contributed by atoms with E-state index in [0.717, 1.165) is 20.3 Å². The van der Waals surface area contributed by atoms with E-state index in [-0.39, 0.29) is 0 Å². The van der Waals surface area contributed by atoms with Crippen LogP contribution in [-0.4, -0.2) is 10.7 Å². The first-order valence-corrected chi connectivity index (χ1v) is 6.14. The fourth-order valence-electron chi connectivity index (χ4n) is 1.35. The minimum atomic E-state index is 0.464. The number of aromatic nitrogens is 1. The van der Waals surface area contributed by atoms with Crippen LogP contribution in [0.1, 0.15) is 0 Å². The van der Waals surface area contributed by atoms with Gasteiger partial charge in [0, 0.05) is 21.0 Å². The van der Waals surface area contributed by atoms with E-state index in [4.69, 9.17) is 5.26 Å². The van der Waals surface area contributed by atoms with Crippen molar-refractivity contribution in [3.05, 3.63) is 34.9 Å². The molecule has 0 unspecified atom stereocenters. The van der Waals surface area contributed by atoms with Crippen LogP contribution in [0, 0.1) is 11.3 Å². The number of hydrogen-bond acceptors (Lipinski definition) is 3. The molecule has 1 heterocycles. The second-order valence-electron chi connectivity index (χ2n) is 2.89. The van der Waals surface area contributed by atoms with Crippen LogP contribution in [0.5, 0.6) is 0 Å². The number of thioether (sulfide) groups is 1. The minimum Gasteiger partial charge on any atom is -0.255 e. The normalized spacial score (nSPS) is 10.1. The zero-order chi connectivity index (χ0) is 10.7. The highest BCUT2D eigenvalue weighted by molar-refractivity contribution is 9.10. The number of halogens is 1. The van der Waals surface area contributed by atoms with Crippen LogP contribution in [0.25, 0.3) is 10.9 Å². The van der Waals surface area contributed by atoms with Gasteiger partial charge in [-0.2, -0.15) is 5.26 Å². The van der Waals surface area contributed by atoms with Gasteiger partial charge in [0.05, 0.1) is 17.3 Å². The molecule has 0 fully saturated rings. The second kappa shape index (κ2) is 4.65. The first-order valence-electron chi connectivity index (χ1n) is 4.36. The second-order valence-corrected chi connectivity index (χ2v) is 4.76. The van der Waals surface area contributed by atoms with Crippen molar-refractivity contribution in [1.82, 2.24) is 4.98 Å². The van der Waals surface area contributed by atoms with Crippen molar-refractivity contribution in [1.29, 1.82) is 5.26 Å². The Kier molecular flexibility index (Phi) is 3.24. The summed E-state index contributed by atoms with van der Waals surface area (Å²) in [6, 6.07) is 10.0. The molecule has 1 aromatic carbocycles. The van der Waals surface area contributed by atoms with Gasteiger partial charge in [-0.15, -0.1) is 11.8 Å². The van der Waals surface area contributed by atoms with Crippen molar-refractivity contribution in [2.75, 3.05) is 5.75 Å². The van der Waals surface area contributed by atoms with Gasteiger partial charge in [-0.25, -0.2) is 0 Å². The predicted molar refractivity (Wildman–Crippen MR) is 65.8 cm³/mol. The van der Waals surface area contributed by atoms with Gasteiger partial charge < -0.3 is 0 Å². The number of pyridine rings is 1. The third-order valence-electron chi connectivity index (χ3n) is 1.97. The first-order chi connectivity index (χ1) is 7.33. The summed E-state index contributed by atoms with van der Waals surface area (Å²) in [7, 11) is 0. The van der Waals surface area contributed by atoms with Crippen molar-refractivity contribution in [2.45, 2.75) is 4.90 Å². The summed E-state index contributed by atoms with van der Waals surface area (Å²) in [6.45, 7) is 0. The number of rotatable bonds is 2. The fourth-order valence-corrected chi connectivity index (χ4v) is 2.52. The standard InChI is InChI=1S/C11H7BrN2S/c12-9-3-1-2-8-10(15-7-5-13)4-6-14-11(8)9/h1-4,6H,7H2. The molecule has 0 saturated carbocycles. The Morgan fingerprint density at radius 1 is 1.40 bits per heavy atom. The Bertz CT molecular complexity index is 534. The van der Waals surface area contributed by atoms with E-state index in [9.17, 15) is 0 Å². The Hall–Kier alpha value is -1.05. The Morgan fingerprint density at radius 2 is 2.27 bits per heavy atom. The van der Waals surface area contributed by atoms with E-state index in [1.807, 2.05) is 24.3 Å². The van der Waals surface area contributed by atoms with Gasteiger partial charge in [0.25, 0.3) is 0 Å². The van der Waals surface area contributed by atoms with E-state index in [1.165, 1.54) is 11.8 Å². The molecule has 0 aliphatic rings. The van der Waals surface area contributed by atoms with Crippen LogP contribution >= 0.6 is 27.7 Å². The van der Waals surface area contributed by atoms with Crippen LogP contribution in [0.15, 0.2) is 39.8 Å². The lowest BCUT2D eigenvalue weighted by atomic mass is 10.2. The van der Waals surface area contributed by atoms with Gasteiger partial charge in [0.1, 0.15) is 0 Å². The van der Waals surface area contributed by atoms with Gasteiger partial charge >= 0.3 is 0 Å². The van der Waals surface area contributed by atoms with Crippen LogP contribution in [0.2, 0.25) is 0 Å². The largest absolute Gasteiger partial charge is 0.255 e. The molecule has 2 rings (SSSR count). The molecule has 0 atom stereocenters. The molecular weight excluding hydrogens is 272 g/mol. The Labute approximate surface area is 100 Å². The summed E-state index contributed by atoms with van der Waals surface area (Å²) in [6.07, 6.45) is 1.77. The van der Waals surface area contributed by atoms with Crippen molar-refractivity contribution in [3.63, 3.8) is 0 Å². The fraction of sp³-hybridized carbons (Fsp3) is 0.0909. The molecule has 0 aliphatic carbocycles. The Balaban J connectivity index is 2.57. The molecule has 0 saturated heterocycles. The maximum atomic E-state index is 8.56. The zero-order valence-corrected chi connectivity index (χ0v) is 10.2. The minimum absolute atomic E-state index is 0.464.